The summed E-state index contributed by atoms with van der Waals surface area (Å²) in [6.45, 7) is 2.08. The smallest absolute Gasteiger partial charge is 0.193 e. The van der Waals surface area contributed by atoms with E-state index in [1.54, 1.807) is 12.1 Å². The van der Waals surface area contributed by atoms with E-state index in [1.807, 2.05) is 24.3 Å². The Labute approximate surface area is 105 Å². The molecule has 86 valence electrons. The first-order valence-corrected chi connectivity index (χ1v) is 5.83. The van der Waals surface area contributed by atoms with E-state index < -0.39 is 0 Å². The highest BCUT2D eigenvalue weighted by molar-refractivity contribution is 6.29. The SMILES string of the molecule is CCc1ccc(C(=O)c2ccnc(Cl)c2)cc1. The van der Waals surface area contributed by atoms with E-state index in [-0.39, 0.29) is 5.78 Å². The number of rotatable bonds is 3. The highest BCUT2D eigenvalue weighted by Crippen LogP contribution is 2.13. The van der Waals surface area contributed by atoms with Gasteiger partial charge in [0.1, 0.15) is 5.15 Å². The zero-order valence-corrected chi connectivity index (χ0v) is 10.2. The van der Waals surface area contributed by atoms with E-state index in [4.69, 9.17) is 11.6 Å². The minimum Gasteiger partial charge on any atom is -0.289 e. The fourth-order valence-electron chi connectivity index (χ4n) is 1.60. The molecule has 1 aromatic heterocycles. The Hall–Kier alpha value is -1.67. The Morgan fingerprint density at radius 3 is 2.47 bits per heavy atom. The van der Waals surface area contributed by atoms with Crippen molar-refractivity contribution in [2.45, 2.75) is 13.3 Å². The highest BCUT2D eigenvalue weighted by atomic mass is 35.5. The van der Waals surface area contributed by atoms with E-state index in [9.17, 15) is 4.79 Å². The van der Waals surface area contributed by atoms with Gasteiger partial charge in [0.2, 0.25) is 0 Å². The van der Waals surface area contributed by atoms with Crippen LogP contribution in [0.4, 0.5) is 0 Å². The van der Waals surface area contributed by atoms with Gasteiger partial charge in [-0.3, -0.25) is 4.79 Å². The van der Waals surface area contributed by atoms with Gasteiger partial charge >= 0.3 is 0 Å². The van der Waals surface area contributed by atoms with Crippen molar-refractivity contribution in [3.63, 3.8) is 0 Å². The zero-order valence-electron chi connectivity index (χ0n) is 9.48. The minimum atomic E-state index is -0.0306. The van der Waals surface area contributed by atoms with Crippen LogP contribution in [0.2, 0.25) is 5.15 Å². The van der Waals surface area contributed by atoms with Crippen molar-refractivity contribution in [3.05, 3.63) is 64.4 Å². The third-order valence-corrected chi connectivity index (χ3v) is 2.82. The molecule has 1 aromatic carbocycles. The average molecular weight is 246 g/mol. The first-order chi connectivity index (χ1) is 8.20. The lowest BCUT2D eigenvalue weighted by Crippen LogP contribution is -2.01. The number of carbonyl (C=O) groups is 1. The fraction of sp³-hybridized carbons (Fsp3) is 0.143. The predicted molar refractivity (Wildman–Crippen MR) is 68.5 cm³/mol. The Morgan fingerprint density at radius 1 is 1.18 bits per heavy atom. The zero-order chi connectivity index (χ0) is 12.3. The molecule has 2 rings (SSSR count). The molecule has 17 heavy (non-hydrogen) atoms. The molecule has 0 aliphatic heterocycles. The van der Waals surface area contributed by atoms with Crippen LogP contribution >= 0.6 is 11.6 Å². The Kier molecular flexibility index (Phi) is 3.55. The van der Waals surface area contributed by atoms with Gasteiger partial charge in [-0.15, -0.1) is 0 Å². The maximum atomic E-state index is 12.1. The monoisotopic (exact) mass is 245 g/mol. The second kappa shape index (κ2) is 5.11. The Balaban J connectivity index is 2.30. The molecule has 0 atom stereocenters. The van der Waals surface area contributed by atoms with Gasteiger partial charge in [0.15, 0.2) is 5.78 Å². The normalized spacial score (nSPS) is 10.2. The molecule has 0 unspecified atom stereocenters. The first kappa shape index (κ1) is 11.8. The number of nitrogens with zero attached hydrogens (tertiary/aromatic N) is 1. The molecule has 0 amide bonds. The van der Waals surface area contributed by atoms with E-state index in [2.05, 4.69) is 11.9 Å². The van der Waals surface area contributed by atoms with Gasteiger partial charge < -0.3 is 0 Å². The van der Waals surface area contributed by atoms with Gasteiger partial charge in [0.25, 0.3) is 0 Å². The van der Waals surface area contributed by atoms with Gasteiger partial charge in [-0.1, -0.05) is 42.8 Å². The molecule has 0 bridgehead atoms. The predicted octanol–water partition coefficient (Wildman–Crippen LogP) is 3.53. The van der Waals surface area contributed by atoms with Crippen LogP contribution < -0.4 is 0 Å². The summed E-state index contributed by atoms with van der Waals surface area (Å²) in [5.41, 5.74) is 2.45. The lowest BCUT2D eigenvalue weighted by atomic mass is 10.0. The van der Waals surface area contributed by atoms with Crippen LogP contribution in [0.15, 0.2) is 42.6 Å². The maximum Gasteiger partial charge on any atom is 0.193 e. The molecule has 3 heteroatoms. The number of halogens is 1. The van der Waals surface area contributed by atoms with Crippen molar-refractivity contribution in [3.8, 4) is 0 Å². The van der Waals surface area contributed by atoms with Crippen molar-refractivity contribution in [1.29, 1.82) is 0 Å². The summed E-state index contributed by atoms with van der Waals surface area (Å²) < 4.78 is 0. The Bertz CT molecular complexity index is 534. The van der Waals surface area contributed by atoms with Gasteiger partial charge in [-0.25, -0.2) is 4.98 Å². The van der Waals surface area contributed by atoms with Crippen LogP contribution in [0.1, 0.15) is 28.4 Å². The van der Waals surface area contributed by atoms with Gasteiger partial charge in [0.05, 0.1) is 0 Å². The van der Waals surface area contributed by atoms with Crippen molar-refractivity contribution in [2.24, 2.45) is 0 Å². The lowest BCUT2D eigenvalue weighted by Gasteiger charge is -2.02. The molecule has 2 nitrogen and oxygen atoms in total. The van der Waals surface area contributed by atoms with Crippen LogP contribution in [-0.4, -0.2) is 10.8 Å². The van der Waals surface area contributed by atoms with E-state index in [1.165, 1.54) is 11.8 Å². The largest absolute Gasteiger partial charge is 0.289 e. The van der Waals surface area contributed by atoms with E-state index >= 15 is 0 Å². The number of aryl methyl sites for hydroxylation is 1. The highest BCUT2D eigenvalue weighted by Gasteiger charge is 2.09. The molecule has 2 aromatic rings. The summed E-state index contributed by atoms with van der Waals surface area (Å²) >= 11 is 5.76. The molecule has 0 radical (unpaired) electrons. The average Bonchev–Trinajstić information content (AvgIpc) is 2.38. The van der Waals surface area contributed by atoms with Crippen molar-refractivity contribution in [2.75, 3.05) is 0 Å². The molecule has 0 aliphatic carbocycles. The molecular weight excluding hydrogens is 234 g/mol. The van der Waals surface area contributed by atoms with Crippen LogP contribution in [0.5, 0.6) is 0 Å². The van der Waals surface area contributed by atoms with Crippen LogP contribution in [0, 0.1) is 0 Å². The number of carbonyl (C=O) groups excluding carboxylic acids is 1. The number of hydrogen-bond acceptors (Lipinski definition) is 2. The quantitative estimate of drug-likeness (QED) is 0.612. The number of ketones is 1. The summed E-state index contributed by atoms with van der Waals surface area (Å²) in [7, 11) is 0. The van der Waals surface area contributed by atoms with E-state index in [0.717, 1.165) is 6.42 Å². The number of benzene rings is 1. The molecule has 0 N–H and O–H groups in total. The summed E-state index contributed by atoms with van der Waals surface area (Å²) in [4.78, 5) is 16.0. The van der Waals surface area contributed by atoms with Gasteiger partial charge in [0, 0.05) is 17.3 Å². The minimum absolute atomic E-state index is 0.0306. The molecule has 1 heterocycles. The summed E-state index contributed by atoms with van der Waals surface area (Å²) in [5, 5.41) is 0.334. The second-order valence-electron chi connectivity index (χ2n) is 3.75. The van der Waals surface area contributed by atoms with Crippen molar-refractivity contribution < 1.29 is 4.79 Å². The first-order valence-electron chi connectivity index (χ1n) is 5.46. The van der Waals surface area contributed by atoms with E-state index in [0.29, 0.717) is 16.3 Å². The fourth-order valence-corrected chi connectivity index (χ4v) is 1.78. The van der Waals surface area contributed by atoms with Crippen LogP contribution in [-0.2, 0) is 6.42 Å². The molecule has 0 saturated carbocycles. The van der Waals surface area contributed by atoms with Crippen molar-refractivity contribution in [1.82, 2.24) is 4.98 Å². The van der Waals surface area contributed by atoms with Crippen LogP contribution in [0.3, 0.4) is 0 Å². The molecule has 0 aliphatic rings. The molecule has 0 fully saturated rings. The second-order valence-corrected chi connectivity index (χ2v) is 4.13. The third kappa shape index (κ3) is 2.71. The van der Waals surface area contributed by atoms with Gasteiger partial charge in [-0.2, -0.15) is 0 Å². The Morgan fingerprint density at radius 2 is 1.88 bits per heavy atom. The van der Waals surface area contributed by atoms with Crippen molar-refractivity contribution >= 4 is 17.4 Å². The summed E-state index contributed by atoms with van der Waals surface area (Å²) in [6.07, 6.45) is 2.51. The number of aromatic nitrogens is 1. The van der Waals surface area contributed by atoms with Crippen LogP contribution in [0.25, 0.3) is 0 Å². The third-order valence-electron chi connectivity index (χ3n) is 2.61. The van der Waals surface area contributed by atoms with Gasteiger partial charge in [-0.05, 0) is 24.1 Å². The standard InChI is InChI=1S/C14H12ClNO/c1-2-10-3-5-11(6-4-10)14(17)12-7-8-16-13(15)9-12/h3-9H,2H2,1H3. The molecular formula is C14H12ClNO. The number of hydrogen-bond donors (Lipinski definition) is 0. The summed E-state index contributed by atoms with van der Waals surface area (Å²) in [5.74, 6) is -0.0306. The summed E-state index contributed by atoms with van der Waals surface area (Å²) in [6, 6.07) is 10.9. The molecule has 0 saturated heterocycles. The topological polar surface area (TPSA) is 30.0 Å². The number of pyridine rings is 1. The lowest BCUT2D eigenvalue weighted by molar-refractivity contribution is 0.103. The maximum absolute atomic E-state index is 12.1. The molecule has 0 spiro atoms.